The smallest absolute Gasteiger partial charge is 0.332 e. The van der Waals surface area contributed by atoms with Crippen LogP contribution >= 0.6 is 11.8 Å². The predicted octanol–water partition coefficient (Wildman–Crippen LogP) is 1.09. The first-order chi connectivity index (χ1) is 10.2. The maximum absolute atomic E-state index is 12.2. The SMILES string of the molecule is CCCCS(=O)(=O)OCOC(=O)[C@@H]1N2C(=O)C[C@H]2SC1(C)C. The molecule has 0 saturated carbocycles. The normalized spacial score (nSPS) is 26.5. The van der Waals surface area contributed by atoms with Gasteiger partial charge in [0.05, 0.1) is 17.5 Å². The number of esters is 1. The number of β-lactam (4-membered cyclic amide) rings is 1. The van der Waals surface area contributed by atoms with Crippen LogP contribution in [-0.4, -0.2) is 53.9 Å². The highest BCUT2D eigenvalue weighted by Gasteiger charge is 2.59. The molecule has 9 heteroatoms. The fourth-order valence-corrected chi connectivity index (χ4v) is 5.15. The first kappa shape index (κ1) is 17.6. The predicted molar refractivity (Wildman–Crippen MR) is 81.4 cm³/mol. The summed E-state index contributed by atoms with van der Waals surface area (Å²) in [5.41, 5.74) is 0. The minimum Gasteiger partial charge on any atom is -0.436 e. The molecule has 2 heterocycles. The average molecular weight is 351 g/mol. The summed E-state index contributed by atoms with van der Waals surface area (Å²) in [4.78, 5) is 25.3. The third-order valence-electron chi connectivity index (χ3n) is 3.72. The van der Waals surface area contributed by atoms with E-state index >= 15 is 0 Å². The summed E-state index contributed by atoms with van der Waals surface area (Å²) in [6, 6.07) is -0.703. The monoisotopic (exact) mass is 351 g/mol. The molecule has 0 spiro atoms. The number of nitrogens with zero attached hydrogens (tertiary/aromatic N) is 1. The van der Waals surface area contributed by atoms with Crippen molar-refractivity contribution in [1.29, 1.82) is 0 Å². The topological polar surface area (TPSA) is 90.0 Å². The largest absolute Gasteiger partial charge is 0.436 e. The summed E-state index contributed by atoms with van der Waals surface area (Å²) in [6.45, 7) is 4.97. The Kier molecular flexibility index (Phi) is 5.08. The van der Waals surface area contributed by atoms with Crippen molar-refractivity contribution >= 4 is 33.8 Å². The number of carbonyl (C=O) groups is 2. The Balaban J connectivity index is 1.88. The minimum absolute atomic E-state index is 0.00857. The van der Waals surface area contributed by atoms with E-state index in [-0.39, 0.29) is 17.0 Å². The van der Waals surface area contributed by atoms with Gasteiger partial charge in [-0.25, -0.2) is 8.98 Å². The fourth-order valence-electron chi connectivity index (χ4n) is 2.57. The van der Waals surface area contributed by atoms with Crippen LogP contribution in [0.3, 0.4) is 0 Å². The third kappa shape index (κ3) is 3.57. The summed E-state index contributed by atoms with van der Waals surface area (Å²) < 4.78 is 32.2. The van der Waals surface area contributed by atoms with Gasteiger partial charge in [-0.15, -0.1) is 11.8 Å². The summed E-state index contributed by atoms with van der Waals surface area (Å²) in [7, 11) is -3.68. The average Bonchev–Trinajstić information content (AvgIpc) is 2.62. The van der Waals surface area contributed by atoms with Gasteiger partial charge >= 0.3 is 5.97 Å². The van der Waals surface area contributed by atoms with Crippen molar-refractivity contribution in [3.63, 3.8) is 0 Å². The molecule has 1 amide bonds. The van der Waals surface area contributed by atoms with E-state index in [4.69, 9.17) is 4.74 Å². The van der Waals surface area contributed by atoms with Gasteiger partial charge in [-0.1, -0.05) is 13.3 Å². The molecule has 22 heavy (non-hydrogen) atoms. The molecule has 0 aliphatic carbocycles. The molecule has 126 valence electrons. The van der Waals surface area contributed by atoms with Crippen LogP contribution in [0.1, 0.15) is 40.0 Å². The van der Waals surface area contributed by atoms with E-state index in [2.05, 4.69) is 4.18 Å². The van der Waals surface area contributed by atoms with Crippen LogP contribution in [0.2, 0.25) is 0 Å². The van der Waals surface area contributed by atoms with Crippen molar-refractivity contribution in [3.05, 3.63) is 0 Å². The number of hydrogen-bond acceptors (Lipinski definition) is 7. The van der Waals surface area contributed by atoms with Crippen LogP contribution in [0, 0.1) is 0 Å². The molecule has 7 nitrogen and oxygen atoms in total. The lowest BCUT2D eigenvalue weighted by atomic mass is 9.98. The fraction of sp³-hybridized carbons (Fsp3) is 0.846. The van der Waals surface area contributed by atoms with Crippen molar-refractivity contribution in [2.45, 2.75) is 56.2 Å². The van der Waals surface area contributed by atoms with Gasteiger partial charge < -0.3 is 9.64 Å². The van der Waals surface area contributed by atoms with E-state index in [0.717, 1.165) is 6.42 Å². The second-order valence-electron chi connectivity index (χ2n) is 5.90. The minimum atomic E-state index is -3.68. The Hall–Kier alpha value is -0.800. The summed E-state index contributed by atoms with van der Waals surface area (Å²) in [5, 5.41) is 0.00857. The number of carbonyl (C=O) groups excluding carboxylic acids is 2. The van der Waals surface area contributed by atoms with Crippen LogP contribution in [0.25, 0.3) is 0 Å². The number of fused-ring (bicyclic) bond motifs is 1. The number of rotatable bonds is 7. The molecule has 2 aliphatic heterocycles. The first-order valence-electron chi connectivity index (χ1n) is 7.20. The molecule has 2 aliphatic rings. The van der Waals surface area contributed by atoms with Crippen LogP contribution in [0.15, 0.2) is 0 Å². The van der Waals surface area contributed by atoms with E-state index < -0.39 is 33.7 Å². The first-order valence-corrected chi connectivity index (χ1v) is 9.66. The van der Waals surface area contributed by atoms with Crippen LogP contribution in [0.4, 0.5) is 0 Å². The zero-order chi connectivity index (χ0) is 16.5. The second kappa shape index (κ2) is 6.37. The van der Waals surface area contributed by atoms with E-state index in [1.54, 1.807) is 11.8 Å². The standard InChI is InChI=1S/C13H21NO6S2/c1-4-5-6-22(17,18)20-8-19-12(16)11-13(2,3)21-10-7-9(15)14(10)11/h10-11H,4-8H2,1-3H3/t10-,11+/m1/s1. The lowest BCUT2D eigenvalue weighted by molar-refractivity contribution is -0.165. The highest BCUT2D eigenvalue weighted by atomic mass is 32.2. The maximum Gasteiger partial charge on any atom is 0.332 e. The molecule has 2 rings (SSSR count). The maximum atomic E-state index is 12.2. The molecule has 2 fully saturated rings. The lowest BCUT2D eigenvalue weighted by Crippen LogP contribution is -2.57. The van der Waals surface area contributed by atoms with E-state index in [1.165, 1.54) is 4.90 Å². The Morgan fingerprint density at radius 2 is 2.14 bits per heavy atom. The van der Waals surface area contributed by atoms with Crippen molar-refractivity contribution in [3.8, 4) is 0 Å². The van der Waals surface area contributed by atoms with Gasteiger partial charge in [-0.05, 0) is 20.3 Å². The van der Waals surface area contributed by atoms with Crippen molar-refractivity contribution in [1.82, 2.24) is 4.90 Å². The summed E-state index contributed by atoms with van der Waals surface area (Å²) >= 11 is 1.55. The molecule has 0 radical (unpaired) electrons. The zero-order valence-electron chi connectivity index (χ0n) is 12.9. The van der Waals surface area contributed by atoms with Gasteiger partial charge in [0, 0.05) is 4.75 Å². The molecule has 0 aromatic heterocycles. The van der Waals surface area contributed by atoms with Crippen molar-refractivity contribution in [2.24, 2.45) is 0 Å². The molecular weight excluding hydrogens is 330 g/mol. The second-order valence-corrected chi connectivity index (χ2v) is 9.49. The van der Waals surface area contributed by atoms with E-state index in [0.29, 0.717) is 12.8 Å². The van der Waals surface area contributed by atoms with Crippen molar-refractivity contribution < 1.29 is 26.9 Å². The van der Waals surface area contributed by atoms with Gasteiger partial charge in [0.1, 0.15) is 6.04 Å². The Bertz CT molecular complexity index is 559. The molecule has 2 atom stereocenters. The highest BCUT2D eigenvalue weighted by Crippen LogP contribution is 2.50. The van der Waals surface area contributed by atoms with Gasteiger partial charge in [0.15, 0.2) is 0 Å². The molecule has 2 saturated heterocycles. The summed E-state index contributed by atoms with van der Waals surface area (Å²) in [6.07, 6.45) is 1.65. The lowest BCUT2D eigenvalue weighted by Gasteiger charge is -2.37. The van der Waals surface area contributed by atoms with E-state index in [1.807, 2.05) is 20.8 Å². The van der Waals surface area contributed by atoms with Gasteiger partial charge in [-0.3, -0.25) is 4.79 Å². The number of hydrogen-bond donors (Lipinski definition) is 0. The third-order valence-corrected chi connectivity index (χ3v) is 6.46. The Morgan fingerprint density at radius 3 is 2.73 bits per heavy atom. The van der Waals surface area contributed by atoms with Gasteiger partial charge in [-0.2, -0.15) is 8.42 Å². The Morgan fingerprint density at radius 1 is 1.45 bits per heavy atom. The highest BCUT2D eigenvalue weighted by molar-refractivity contribution is 8.01. The van der Waals surface area contributed by atoms with Gasteiger partial charge in [0.25, 0.3) is 10.1 Å². The molecule has 0 aromatic rings. The van der Waals surface area contributed by atoms with E-state index in [9.17, 15) is 18.0 Å². The molecule has 0 bridgehead atoms. The van der Waals surface area contributed by atoms with Crippen LogP contribution in [0.5, 0.6) is 0 Å². The molecule has 0 N–H and O–H groups in total. The summed E-state index contributed by atoms with van der Waals surface area (Å²) in [5.74, 6) is -0.807. The molecular formula is C13H21NO6S2. The van der Waals surface area contributed by atoms with Crippen LogP contribution < -0.4 is 0 Å². The quantitative estimate of drug-likeness (QED) is 0.293. The molecule has 0 unspecified atom stereocenters. The molecule has 0 aromatic carbocycles. The number of amides is 1. The Labute approximate surface area is 134 Å². The van der Waals surface area contributed by atoms with Crippen LogP contribution in [-0.2, 0) is 28.6 Å². The van der Waals surface area contributed by atoms with Gasteiger partial charge in [0.2, 0.25) is 12.7 Å². The number of unbranched alkanes of at least 4 members (excludes halogenated alkanes) is 1. The number of ether oxygens (including phenoxy) is 1. The van der Waals surface area contributed by atoms with Crippen molar-refractivity contribution in [2.75, 3.05) is 12.5 Å². The number of thioether (sulfide) groups is 1. The zero-order valence-corrected chi connectivity index (χ0v) is 14.5.